The molecule has 0 saturated heterocycles. The number of hydrogen-bond donors (Lipinski definition) is 1. The number of aliphatic imine (C=N–C) groups is 1. The Morgan fingerprint density at radius 1 is 1.09 bits per heavy atom. The molecular weight excluding hydrogens is 445 g/mol. The van der Waals surface area contributed by atoms with E-state index in [1.54, 1.807) is 24.5 Å². The molecule has 1 N–H and O–H groups in total. The lowest BCUT2D eigenvalue weighted by Crippen LogP contribution is -2.22. The predicted octanol–water partition coefficient (Wildman–Crippen LogP) is 4.43. The van der Waals surface area contributed by atoms with Gasteiger partial charge in [0, 0.05) is 44.1 Å². The molecule has 1 aliphatic rings. The van der Waals surface area contributed by atoms with Crippen LogP contribution in [0.2, 0.25) is 0 Å². The van der Waals surface area contributed by atoms with Crippen LogP contribution >= 0.6 is 0 Å². The fourth-order valence-corrected chi connectivity index (χ4v) is 3.58. The van der Waals surface area contributed by atoms with Gasteiger partial charge in [0.15, 0.2) is 0 Å². The highest BCUT2D eigenvalue weighted by Gasteiger charge is 2.30. The van der Waals surface area contributed by atoms with Crippen LogP contribution in [0.1, 0.15) is 22.5 Å². The van der Waals surface area contributed by atoms with Crippen molar-refractivity contribution in [3.8, 4) is 11.5 Å². The van der Waals surface area contributed by atoms with Gasteiger partial charge in [0.1, 0.15) is 24.0 Å². The Morgan fingerprint density at radius 3 is 2.59 bits per heavy atom. The summed E-state index contributed by atoms with van der Waals surface area (Å²) in [7, 11) is 1.86. The molecule has 4 rings (SSSR count). The maximum absolute atomic E-state index is 12.9. The van der Waals surface area contributed by atoms with Gasteiger partial charge in [-0.15, -0.1) is 0 Å². The minimum absolute atomic E-state index is 0.118. The standard InChI is InChI=1S/C25H23F3N4O2/c1-32-15-19(11-18-13-29-16-30-14-18)24(33)31-23(32)10-7-17-5-8-21(9-6-17)34-22-4-2-3-20(12-22)25(26,27)28/h2-6,8-9,12-15,29H,7,10-11,16H2,1H3. The summed E-state index contributed by atoms with van der Waals surface area (Å²) >= 11 is 0. The van der Waals surface area contributed by atoms with Gasteiger partial charge in [-0.25, -0.2) is 0 Å². The van der Waals surface area contributed by atoms with Crippen LogP contribution in [0.25, 0.3) is 0 Å². The molecule has 0 amide bonds. The number of halogens is 3. The van der Waals surface area contributed by atoms with E-state index < -0.39 is 11.7 Å². The van der Waals surface area contributed by atoms with Gasteiger partial charge in [-0.05, 0) is 47.9 Å². The highest BCUT2D eigenvalue weighted by atomic mass is 19.4. The van der Waals surface area contributed by atoms with Crippen LogP contribution in [0.15, 0.2) is 76.3 Å². The third-order valence-electron chi connectivity index (χ3n) is 5.34. The lowest BCUT2D eigenvalue weighted by atomic mass is 10.1. The van der Waals surface area contributed by atoms with E-state index in [1.807, 2.05) is 29.9 Å². The van der Waals surface area contributed by atoms with Crippen LogP contribution in [0.5, 0.6) is 11.5 Å². The Hall–Kier alpha value is -3.88. The van der Waals surface area contributed by atoms with Gasteiger partial charge in [-0.2, -0.15) is 18.2 Å². The third kappa shape index (κ3) is 5.92. The highest BCUT2D eigenvalue weighted by molar-refractivity contribution is 5.79. The number of allylic oxidation sites excluding steroid dienone is 1. The molecule has 0 fully saturated rings. The van der Waals surface area contributed by atoms with Gasteiger partial charge in [-0.1, -0.05) is 18.2 Å². The topological polar surface area (TPSA) is 68.5 Å². The number of alkyl halides is 3. The van der Waals surface area contributed by atoms with Crippen LogP contribution in [-0.2, 0) is 32.5 Å². The largest absolute Gasteiger partial charge is 0.457 e. The Morgan fingerprint density at radius 2 is 1.88 bits per heavy atom. The first-order chi connectivity index (χ1) is 16.3. The summed E-state index contributed by atoms with van der Waals surface area (Å²) in [5.41, 5.74) is 1.50. The molecule has 6 nitrogen and oxygen atoms in total. The lowest BCUT2D eigenvalue weighted by Gasteiger charge is -2.12. The number of rotatable bonds is 7. The second kappa shape index (κ2) is 9.94. The zero-order chi connectivity index (χ0) is 24.1. The van der Waals surface area contributed by atoms with E-state index in [0.717, 1.165) is 23.3 Å². The van der Waals surface area contributed by atoms with Crippen molar-refractivity contribution in [2.75, 3.05) is 6.67 Å². The van der Waals surface area contributed by atoms with Crippen molar-refractivity contribution in [1.82, 2.24) is 14.9 Å². The average Bonchev–Trinajstić information content (AvgIpc) is 2.82. The Bertz CT molecular complexity index is 1280. The zero-order valence-electron chi connectivity index (χ0n) is 18.5. The second-order valence-electron chi connectivity index (χ2n) is 7.94. The number of nitrogens with zero attached hydrogens (tertiary/aromatic N) is 3. The van der Waals surface area contributed by atoms with Gasteiger partial charge in [0.25, 0.3) is 5.56 Å². The SMILES string of the molecule is Cn1cc(CC2=CNCN=C2)c(=O)nc1CCc1ccc(Oc2cccc(C(F)(F)F)c2)cc1. The maximum Gasteiger partial charge on any atom is 0.416 e. The Kier molecular flexibility index (Phi) is 6.81. The third-order valence-corrected chi connectivity index (χ3v) is 5.34. The fourth-order valence-electron chi connectivity index (χ4n) is 3.58. The summed E-state index contributed by atoms with van der Waals surface area (Å²) in [5.74, 6) is 1.23. The highest BCUT2D eigenvalue weighted by Crippen LogP contribution is 2.32. The molecule has 9 heteroatoms. The average molecular weight is 468 g/mol. The molecule has 3 aromatic rings. The van der Waals surface area contributed by atoms with E-state index in [0.29, 0.717) is 43.1 Å². The molecule has 0 atom stereocenters. The summed E-state index contributed by atoms with van der Waals surface area (Å²) in [5, 5.41) is 3.02. The second-order valence-corrected chi connectivity index (χ2v) is 7.94. The van der Waals surface area contributed by atoms with Crippen molar-refractivity contribution in [2.24, 2.45) is 12.0 Å². The van der Waals surface area contributed by atoms with Gasteiger partial charge in [-0.3, -0.25) is 9.79 Å². The number of benzene rings is 2. The predicted molar refractivity (Wildman–Crippen MR) is 123 cm³/mol. The van der Waals surface area contributed by atoms with Gasteiger partial charge in [0.2, 0.25) is 0 Å². The molecule has 1 aromatic heterocycles. The molecule has 2 heterocycles. The number of aryl methyl sites for hydroxylation is 3. The molecule has 0 unspecified atom stereocenters. The summed E-state index contributed by atoms with van der Waals surface area (Å²) in [6.45, 7) is 0.539. The van der Waals surface area contributed by atoms with E-state index in [2.05, 4.69) is 15.3 Å². The van der Waals surface area contributed by atoms with Crippen LogP contribution in [-0.4, -0.2) is 22.4 Å². The van der Waals surface area contributed by atoms with Crippen molar-refractivity contribution >= 4 is 6.21 Å². The Balaban J connectivity index is 1.38. The van der Waals surface area contributed by atoms with E-state index in [-0.39, 0.29) is 11.3 Å². The molecule has 34 heavy (non-hydrogen) atoms. The first-order valence-corrected chi connectivity index (χ1v) is 10.7. The fraction of sp³-hybridized carbons (Fsp3) is 0.240. The minimum Gasteiger partial charge on any atom is -0.457 e. The molecule has 0 saturated carbocycles. The van der Waals surface area contributed by atoms with Crippen molar-refractivity contribution in [2.45, 2.75) is 25.4 Å². The van der Waals surface area contributed by atoms with Crippen LogP contribution < -0.4 is 15.6 Å². The minimum atomic E-state index is -4.42. The van der Waals surface area contributed by atoms with Crippen molar-refractivity contribution < 1.29 is 17.9 Å². The number of nitrogens with one attached hydrogen (secondary N) is 1. The molecule has 0 radical (unpaired) electrons. The molecule has 1 aliphatic heterocycles. The smallest absolute Gasteiger partial charge is 0.416 e. The molecule has 0 aliphatic carbocycles. The first-order valence-electron chi connectivity index (χ1n) is 10.7. The van der Waals surface area contributed by atoms with Gasteiger partial charge < -0.3 is 14.6 Å². The van der Waals surface area contributed by atoms with E-state index in [4.69, 9.17) is 4.74 Å². The molecular formula is C25H23F3N4O2. The van der Waals surface area contributed by atoms with Crippen molar-refractivity contribution in [1.29, 1.82) is 0 Å². The Labute approximate surface area is 194 Å². The molecule has 176 valence electrons. The number of hydrogen-bond acceptors (Lipinski definition) is 5. The van der Waals surface area contributed by atoms with Gasteiger partial charge in [0.05, 0.1) is 5.56 Å². The van der Waals surface area contributed by atoms with Crippen molar-refractivity contribution in [3.05, 3.63) is 99.4 Å². The van der Waals surface area contributed by atoms with Crippen LogP contribution in [0.3, 0.4) is 0 Å². The zero-order valence-corrected chi connectivity index (χ0v) is 18.5. The number of aromatic nitrogens is 2. The number of ether oxygens (including phenoxy) is 1. The van der Waals surface area contributed by atoms with Crippen LogP contribution in [0, 0.1) is 0 Å². The van der Waals surface area contributed by atoms with Gasteiger partial charge >= 0.3 is 6.18 Å². The first kappa shape index (κ1) is 23.3. The molecule has 0 spiro atoms. The van der Waals surface area contributed by atoms with E-state index in [9.17, 15) is 18.0 Å². The maximum atomic E-state index is 12.9. The monoisotopic (exact) mass is 468 g/mol. The normalized spacial score (nSPS) is 13.4. The van der Waals surface area contributed by atoms with Crippen molar-refractivity contribution in [3.63, 3.8) is 0 Å². The quantitative estimate of drug-likeness (QED) is 0.557. The summed E-state index contributed by atoms with van der Waals surface area (Å²) in [6, 6.07) is 11.9. The molecule has 2 aromatic carbocycles. The summed E-state index contributed by atoms with van der Waals surface area (Å²) in [4.78, 5) is 20.9. The summed E-state index contributed by atoms with van der Waals surface area (Å²) < 4.78 is 46.0. The van der Waals surface area contributed by atoms with E-state index >= 15 is 0 Å². The lowest BCUT2D eigenvalue weighted by molar-refractivity contribution is -0.137. The van der Waals surface area contributed by atoms with E-state index in [1.165, 1.54) is 12.1 Å². The molecule has 0 bridgehead atoms. The summed E-state index contributed by atoms with van der Waals surface area (Å²) in [6.07, 6.45) is 2.65. The van der Waals surface area contributed by atoms with Crippen LogP contribution in [0.4, 0.5) is 13.2 Å².